The van der Waals surface area contributed by atoms with E-state index in [0.717, 1.165) is 10.9 Å². The molecule has 0 fully saturated rings. The lowest BCUT2D eigenvalue weighted by molar-refractivity contribution is 0.192. The van der Waals surface area contributed by atoms with Crippen molar-refractivity contribution in [3.8, 4) is 6.01 Å². The van der Waals surface area contributed by atoms with Gasteiger partial charge >= 0.3 is 6.01 Å². The molecule has 0 saturated heterocycles. The summed E-state index contributed by atoms with van der Waals surface area (Å²) in [5.74, 6) is 0. The van der Waals surface area contributed by atoms with E-state index < -0.39 is 0 Å². The second kappa shape index (κ2) is 4.23. The summed E-state index contributed by atoms with van der Waals surface area (Å²) in [5.41, 5.74) is 2.03. The van der Waals surface area contributed by atoms with Gasteiger partial charge in [-0.1, -0.05) is 11.6 Å². The lowest BCUT2D eigenvalue weighted by Gasteiger charge is -2.03. The standard InChI is InChI=1S/C11H12N2O2/c1-8-2-3-10-9(6-8)7-12-11(13-10)15-5-4-14/h2-3,6-7,14H,4-5H2,1H3. The minimum atomic E-state index is -0.0324. The molecular weight excluding hydrogens is 192 g/mol. The zero-order chi connectivity index (χ0) is 10.7. The number of nitrogens with zero attached hydrogens (tertiary/aromatic N) is 2. The number of rotatable bonds is 3. The van der Waals surface area contributed by atoms with Crippen molar-refractivity contribution in [3.63, 3.8) is 0 Å². The Morgan fingerprint density at radius 3 is 3.07 bits per heavy atom. The minimum Gasteiger partial charge on any atom is -0.461 e. The normalized spacial score (nSPS) is 10.5. The van der Waals surface area contributed by atoms with Crippen LogP contribution in [0.1, 0.15) is 5.56 Å². The van der Waals surface area contributed by atoms with Gasteiger partial charge in [-0.2, -0.15) is 4.98 Å². The molecule has 1 heterocycles. The lowest BCUT2D eigenvalue weighted by atomic mass is 10.2. The molecule has 2 rings (SSSR count). The Balaban J connectivity index is 2.34. The highest BCUT2D eigenvalue weighted by Crippen LogP contribution is 2.15. The van der Waals surface area contributed by atoms with Crippen LogP contribution in [0.4, 0.5) is 0 Å². The summed E-state index contributed by atoms with van der Waals surface area (Å²) < 4.78 is 5.12. The van der Waals surface area contributed by atoms with Crippen molar-refractivity contribution in [1.29, 1.82) is 0 Å². The van der Waals surface area contributed by atoms with Gasteiger partial charge in [-0.3, -0.25) is 0 Å². The fourth-order valence-electron chi connectivity index (χ4n) is 1.34. The summed E-state index contributed by atoms with van der Waals surface area (Å²) in [6.45, 7) is 2.21. The SMILES string of the molecule is Cc1ccc2nc(OCCO)ncc2c1. The molecule has 15 heavy (non-hydrogen) atoms. The summed E-state index contributed by atoms with van der Waals surface area (Å²) in [6, 6.07) is 6.24. The molecule has 78 valence electrons. The molecule has 0 aliphatic carbocycles. The smallest absolute Gasteiger partial charge is 0.316 e. The van der Waals surface area contributed by atoms with Gasteiger partial charge in [0.15, 0.2) is 0 Å². The van der Waals surface area contributed by atoms with Crippen LogP contribution in [-0.4, -0.2) is 28.3 Å². The largest absolute Gasteiger partial charge is 0.461 e. The summed E-state index contributed by atoms with van der Waals surface area (Å²) >= 11 is 0. The molecule has 0 spiro atoms. The monoisotopic (exact) mass is 204 g/mol. The van der Waals surface area contributed by atoms with Crippen LogP contribution in [0.2, 0.25) is 0 Å². The molecule has 0 atom stereocenters. The van der Waals surface area contributed by atoms with Crippen LogP contribution in [0, 0.1) is 6.92 Å². The van der Waals surface area contributed by atoms with Crippen LogP contribution in [0.25, 0.3) is 10.9 Å². The number of hydrogen-bond donors (Lipinski definition) is 1. The van der Waals surface area contributed by atoms with Gasteiger partial charge in [0.05, 0.1) is 12.1 Å². The van der Waals surface area contributed by atoms with E-state index in [-0.39, 0.29) is 13.2 Å². The molecule has 1 N–H and O–H groups in total. The molecule has 0 aliphatic heterocycles. The molecule has 1 aromatic carbocycles. The third kappa shape index (κ3) is 2.22. The van der Waals surface area contributed by atoms with E-state index >= 15 is 0 Å². The second-order valence-electron chi connectivity index (χ2n) is 3.29. The Labute approximate surface area is 87.6 Å². The highest BCUT2D eigenvalue weighted by atomic mass is 16.5. The van der Waals surface area contributed by atoms with Crippen LogP contribution in [0.5, 0.6) is 6.01 Å². The van der Waals surface area contributed by atoms with Crippen molar-refractivity contribution < 1.29 is 9.84 Å². The van der Waals surface area contributed by atoms with E-state index in [4.69, 9.17) is 9.84 Å². The van der Waals surface area contributed by atoms with Crippen LogP contribution in [0.3, 0.4) is 0 Å². The topological polar surface area (TPSA) is 55.2 Å². The van der Waals surface area contributed by atoms with Gasteiger partial charge in [-0.15, -0.1) is 0 Å². The average molecular weight is 204 g/mol. The molecule has 2 aromatic rings. The van der Waals surface area contributed by atoms with Crippen molar-refractivity contribution in [2.45, 2.75) is 6.92 Å². The number of aliphatic hydroxyl groups excluding tert-OH is 1. The number of ether oxygens (including phenoxy) is 1. The number of aromatic nitrogens is 2. The molecule has 4 heteroatoms. The highest BCUT2D eigenvalue weighted by Gasteiger charge is 2.00. The van der Waals surface area contributed by atoms with Gasteiger partial charge in [-0.05, 0) is 19.1 Å². The molecule has 0 bridgehead atoms. The molecular formula is C11H12N2O2. The fraction of sp³-hybridized carbons (Fsp3) is 0.273. The van der Waals surface area contributed by atoms with Crippen LogP contribution < -0.4 is 4.74 Å². The Morgan fingerprint density at radius 1 is 1.40 bits per heavy atom. The van der Waals surface area contributed by atoms with E-state index in [1.54, 1.807) is 6.20 Å². The maximum Gasteiger partial charge on any atom is 0.316 e. The molecule has 0 saturated carbocycles. The quantitative estimate of drug-likeness (QED) is 0.819. The first kappa shape index (κ1) is 9.86. The first-order chi connectivity index (χ1) is 7.29. The summed E-state index contributed by atoms with van der Waals surface area (Å²) in [4.78, 5) is 8.25. The second-order valence-corrected chi connectivity index (χ2v) is 3.29. The predicted octanol–water partition coefficient (Wildman–Crippen LogP) is 1.31. The predicted molar refractivity (Wildman–Crippen MR) is 56.9 cm³/mol. The third-order valence-electron chi connectivity index (χ3n) is 2.04. The van der Waals surface area contributed by atoms with Crippen LogP contribution in [-0.2, 0) is 0 Å². The number of fused-ring (bicyclic) bond motifs is 1. The van der Waals surface area contributed by atoms with Crippen LogP contribution >= 0.6 is 0 Å². The Hall–Kier alpha value is -1.68. The van der Waals surface area contributed by atoms with E-state index in [1.165, 1.54) is 5.56 Å². The van der Waals surface area contributed by atoms with Crippen molar-refractivity contribution in [1.82, 2.24) is 9.97 Å². The van der Waals surface area contributed by atoms with Crippen molar-refractivity contribution in [2.24, 2.45) is 0 Å². The summed E-state index contributed by atoms with van der Waals surface area (Å²) in [5, 5.41) is 9.59. The van der Waals surface area contributed by atoms with Gasteiger partial charge in [0.1, 0.15) is 6.61 Å². The first-order valence-electron chi connectivity index (χ1n) is 4.76. The van der Waals surface area contributed by atoms with Crippen molar-refractivity contribution in [2.75, 3.05) is 13.2 Å². The molecule has 1 aromatic heterocycles. The molecule has 0 unspecified atom stereocenters. The third-order valence-corrected chi connectivity index (χ3v) is 2.04. The van der Waals surface area contributed by atoms with E-state index in [0.29, 0.717) is 6.01 Å². The lowest BCUT2D eigenvalue weighted by Crippen LogP contribution is -2.04. The number of aryl methyl sites for hydroxylation is 1. The average Bonchev–Trinajstić information content (AvgIpc) is 2.26. The number of hydrogen-bond acceptors (Lipinski definition) is 4. The Morgan fingerprint density at radius 2 is 2.27 bits per heavy atom. The minimum absolute atomic E-state index is 0.0324. The van der Waals surface area contributed by atoms with Crippen LogP contribution in [0.15, 0.2) is 24.4 Å². The van der Waals surface area contributed by atoms with E-state index in [9.17, 15) is 0 Å². The van der Waals surface area contributed by atoms with E-state index in [2.05, 4.69) is 9.97 Å². The Kier molecular flexibility index (Phi) is 2.78. The maximum atomic E-state index is 8.60. The van der Waals surface area contributed by atoms with Gasteiger partial charge in [-0.25, -0.2) is 4.98 Å². The maximum absolute atomic E-state index is 8.60. The van der Waals surface area contributed by atoms with Gasteiger partial charge in [0.2, 0.25) is 0 Å². The molecule has 0 amide bonds. The summed E-state index contributed by atoms with van der Waals surface area (Å²) in [6.07, 6.45) is 1.72. The number of aliphatic hydroxyl groups is 1. The zero-order valence-electron chi connectivity index (χ0n) is 8.47. The fourth-order valence-corrected chi connectivity index (χ4v) is 1.34. The molecule has 0 aliphatic rings. The summed E-state index contributed by atoms with van der Waals surface area (Å²) in [7, 11) is 0. The molecule has 4 nitrogen and oxygen atoms in total. The van der Waals surface area contributed by atoms with Gasteiger partial charge < -0.3 is 9.84 Å². The zero-order valence-corrected chi connectivity index (χ0v) is 8.47. The van der Waals surface area contributed by atoms with E-state index in [1.807, 2.05) is 25.1 Å². The highest BCUT2D eigenvalue weighted by molar-refractivity contribution is 5.78. The number of benzene rings is 1. The Bertz CT molecular complexity index is 471. The van der Waals surface area contributed by atoms with Crippen molar-refractivity contribution in [3.05, 3.63) is 30.0 Å². The van der Waals surface area contributed by atoms with Gasteiger partial charge in [0, 0.05) is 11.6 Å². The van der Waals surface area contributed by atoms with Crippen molar-refractivity contribution >= 4 is 10.9 Å². The van der Waals surface area contributed by atoms with Gasteiger partial charge in [0.25, 0.3) is 0 Å². The first-order valence-corrected chi connectivity index (χ1v) is 4.76. The molecule has 0 radical (unpaired) electrons.